The molecule has 0 heterocycles. The normalized spacial score (nSPS) is 9.39. The molecule has 0 spiro atoms. The summed E-state index contributed by atoms with van der Waals surface area (Å²) in [5.41, 5.74) is 0. The zero-order valence-electron chi connectivity index (χ0n) is 17.9. The fraction of sp³-hybridized carbons (Fsp3) is 0.739. The molecule has 0 aromatic carbocycles. The van der Waals surface area contributed by atoms with Crippen molar-refractivity contribution < 1.29 is 25.2 Å². The molecule has 5 heteroatoms. The van der Waals surface area contributed by atoms with Crippen LogP contribution in [0.3, 0.4) is 0 Å². The van der Waals surface area contributed by atoms with Gasteiger partial charge in [0.25, 0.3) is 0 Å². The number of ether oxygens (including phenoxy) is 1. The summed E-state index contributed by atoms with van der Waals surface area (Å²) >= 11 is 0. The van der Waals surface area contributed by atoms with E-state index in [1.807, 2.05) is 6.11 Å². The molecule has 0 aromatic heterocycles. The summed E-state index contributed by atoms with van der Waals surface area (Å²) in [6.45, 7) is 3.03. The molecule has 1 unspecified atom stereocenters. The van der Waals surface area contributed by atoms with E-state index in [1.54, 1.807) is 0 Å². The van der Waals surface area contributed by atoms with Crippen molar-refractivity contribution in [1.82, 2.24) is 0 Å². The minimum absolute atomic E-state index is 0.136. The summed E-state index contributed by atoms with van der Waals surface area (Å²) in [7, 11) is 1.44. The number of unbranched alkanes of at least 4 members (excludes halogenated alkanes) is 5. The molecule has 0 saturated heterocycles. The Morgan fingerprint density at radius 1 is 0.750 bits per heavy atom. The third-order valence-electron chi connectivity index (χ3n) is 3.28. The van der Waals surface area contributed by atoms with Gasteiger partial charge in [-0.25, -0.2) is 0 Å². The first-order chi connectivity index (χ1) is 13.6. The maximum Gasteiger partial charge on any atom is 0.106 e. The van der Waals surface area contributed by atoms with E-state index < -0.39 is 0 Å². The number of aliphatic hydroxyl groups is 4. The summed E-state index contributed by atoms with van der Waals surface area (Å²) in [5, 5.41) is 33.6. The third kappa shape index (κ3) is 49.7. The second kappa shape index (κ2) is 40.1. The molecule has 0 saturated carbocycles. The lowest BCUT2D eigenvalue weighted by molar-refractivity contribution is 0.250. The standard InChI is InChI=1S/C8H14O2.C6H14O2.C6H10.C3H4O/c1-2-8(5-7-10)4-3-6-9;7-5-3-1-2-4-6-8;1-3-5-6-4-2;1-3-4-2/h1,8-10H,3-7H2;7-8H,1-6H2;1H,4-6H2,2H3;1H,2H3. The van der Waals surface area contributed by atoms with E-state index in [9.17, 15) is 0 Å². The van der Waals surface area contributed by atoms with Crippen LogP contribution in [0.25, 0.3) is 0 Å². The molecule has 28 heavy (non-hydrogen) atoms. The summed E-state index contributed by atoms with van der Waals surface area (Å²) < 4.78 is 4.07. The van der Waals surface area contributed by atoms with Gasteiger partial charge in [0.1, 0.15) is 6.11 Å². The summed E-state index contributed by atoms with van der Waals surface area (Å²) in [6, 6.07) is 0. The second-order valence-corrected chi connectivity index (χ2v) is 5.73. The Labute approximate surface area is 173 Å². The van der Waals surface area contributed by atoms with Gasteiger partial charge < -0.3 is 25.2 Å². The maximum atomic E-state index is 8.51. The van der Waals surface area contributed by atoms with Crippen molar-refractivity contribution in [2.24, 2.45) is 5.92 Å². The zero-order valence-corrected chi connectivity index (χ0v) is 17.9. The molecule has 5 nitrogen and oxygen atoms in total. The van der Waals surface area contributed by atoms with E-state index in [-0.39, 0.29) is 32.3 Å². The molecular formula is C23H42O5. The van der Waals surface area contributed by atoms with Crippen molar-refractivity contribution in [3.8, 4) is 37.2 Å². The van der Waals surface area contributed by atoms with Gasteiger partial charge >= 0.3 is 0 Å². The van der Waals surface area contributed by atoms with E-state index in [2.05, 4.69) is 29.9 Å². The quantitative estimate of drug-likeness (QED) is 0.300. The van der Waals surface area contributed by atoms with E-state index in [0.717, 1.165) is 44.9 Å². The highest BCUT2D eigenvalue weighted by atomic mass is 16.5. The van der Waals surface area contributed by atoms with Crippen LogP contribution >= 0.6 is 0 Å². The van der Waals surface area contributed by atoms with Crippen LogP contribution in [0.5, 0.6) is 0 Å². The molecule has 0 radical (unpaired) electrons. The highest BCUT2D eigenvalue weighted by molar-refractivity contribution is 4.92. The fourth-order valence-corrected chi connectivity index (χ4v) is 1.66. The maximum absolute atomic E-state index is 8.51. The second-order valence-electron chi connectivity index (χ2n) is 5.73. The molecule has 164 valence electrons. The van der Waals surface area contributed by atoms with Crippen LogP contribution in [-0.4, -0.2) is 54.0 Å². The Kier molecular flexibility index (Phi) is 48.5. The van der Waals surface area contributed by atoms with Gasteiger partial charge in [-0.15, -0.1) is 24.7 Å². The fourth-order valence-electron chi connectivity index (χ4n) is 1.66. The number of hydrogen-bond donors (Lipinski definition) is 4. The molecule has 1 atom stereocenters. The Hall–Kier alpha value is -1.68. The first-order valence-electron chi connectivity index (χ1n) is 9.91. The van der Waals surface area contributed by atoms with E-state index in [0.29, 0.717) is 6.42 Å². The molecule has 0 amide bonds. The Morgan fingerprint density at radius 2 is 1.25 bits per heavy atom. The molecule has 0 aliphatic rings. The van der Waals surface area contributed by atoms with Gasteiger partial charge in [-0.2, -0.15) is 0 Å². The lowest BCUT2D eigenvalue weighted by Gasteiger charge is -2.05. The Morgan fingerprint density at radius 3 is 1.50 bits per heavy atom. The van der Waals surface area contributed by atoms with E-state index in [4.69, 9.17) is 33.3 Å². The van der Waals surface area contributed by atoms with Gasteiger partial charge in [-0.3, -0.25) is 0 Å². The third-order valence-corrected chi connectivity index (χ3v) is 3.28. The van der Waals surface area contributed by atoms with Crippen LogP contribution in [0.2, 0.25) is 0 Å². The van der Waals surface area contributed by atoms with Crippen molar-refractivity contribution in [2.75, 3.05) is 33.5 Å². The van der Waals surface area contributed by atoms with Gasteiger partial charge in [0, 0.05) is 38.8 Å². The minimum Gasteiger partial charge on any atom is -0.450 e. The molecule has 0 aliphatic carbocycles. The predicted octanol–water partition coefficient (Wildman–Crippen LogP) is 2.96. The van der Waals surface area contributed by atoms with Crippen LogP contribution in [0.1, 0.15) is 71.1 Å². The molecular weight excluding hydrogens is 356 g/mol. The molecule has 0 aromatic rings. The van der Waals surface area contributed by atoms with Crippen molar-refractivity contribution in [3.05, 3.63) is 0 Å². The number of rotatable bonds is 12. The topological polar surface area (TPSA) is 90.2 Å². The van der Waals surface area contributed by atoms with Crippen molar-refractivity contribution >= 4 is 0 Å². The summed E-state index contributed by atoms with van der Waals surface area (Å²) in [4.78, 5) is 0. The molecule has 0 fully saturated rings. The molecule has 0 rings (SSSR count). The van der Waals surface area contributed by atoms with E-state index in [1.165, 1.54) is 20.0 Å². The lowest BCUT2D eigenvalue weighted by atomic mass is 10.0. The van der Waals surface area contributed by atoms with Crippen LogP contribution < -0.4 is 0 Å². The minimum atomic E-state index is 0.136. The number of aliphatic hydroxyl groups excluding tert-OH is 4. The van der Waals surface area contributed by atoms with Crippen molar-refractivity contribution in [2.45, 2.75) is 71.1 Å². The van der Waals surface area contributed by atoms with Crippen LogP contribution in [0.15, 0.2) is 0 Å². The SMILES string of the molecule is C#CC(CCO)CCCO.C#CCCCC.C#COC.OCCCCCCO. The number of hydrogen-bond acceptors (Lipinski definition) is 5. The van der Waals surface area contributed by atoms with E-state index >= 15 is 0 Å². The first-order valence-corrected chi connectivity index (χ1v) is 9.91. The molecule has 0 bridgehead atoms. The van der Waals surface area contributed by atoms with Gasteiger partial charge in [-0.05, 0) is 38.5 Å². The van der Waals surface area contributed by atoms with Gasteiger partial charge in [0.2, 0.25) is 0 Å². The molecule has 4 N–H and O–H groups in total. The Balaban J connectivity index is -0.000000144. The van der Waals surface area contributed by atoms with Crippen molar-refractivity contribution in [1.29, 1.82) is 0 Å². The number of methoxy groups -OCH3 is 1. The lowest BCUT2D eigenvalue weighted by Crippen LogP contribution is -2.01. The smallest absolute Gasteiger partial charge is 0.106 e. The van der Waals surface area contributed by atoms with Crippen molar-refractivity contribution in [3.63, 3.8) is 0 Å². The predicted molar refractivity (Wildman–Crippen MR) is 117 cm³/mol. The summed E-state index contributed by atoms with van der Waals surface area (Å²) in [5.74, 6) is 5.27. The number of terminal acetylenes is 3. The largest absolute Gasteiger partial charge is 0.450 e. The van der Waals surface area contributed by atoms with Crippen LogP contribution in [0.4, 0.5) is 0 Å². The van der Waals surface area contributed by atoms with Gasteiger partial charge in [-0.1, -0.05) is 32.6 Å². The van der Waals surface area contributed by atoms with Gasteiger partial charge in [0.15, 0.2) is 0 Å². The van der Waals surface area contributed by atoms with Crippen LogP contribution in [0, 0.1) is 43.1 Å². The Bertz CT molecular complexity index is 357. The first kappa shape index (κ1) is 33.9. The average Bonchev–Trinajstić information content (AvgIpc) is 2.74. The van der Waals surface area contributed by atoms with Gasteiger partial charge in [0.05, 0.1) is 7.11 Å². The van der Waals surface area contributed by atoms with Crippen LogP contribution in [-0.2, 0) is 4.74 Å². The highest BCUT2D eigenvalue weighted by Crippen LogP contribution is 2.08. The average molecular weight is 399 g/mol. The monoisotopic (exact) mass is 398 g/mol. The summed E-state index contributed by atoms with van der Waals surface area (Å²) in [6.07, 6.45) is 26.0. The highest BCUT2D eigenvalue weighted by Gasteiger charge is 2.01. The zero-order chi connectivity index (χ0) is 22.3. The molecule has 0 aliphatic heterocycles.